The summed E-state index contributed by atoms with van der Waals surface area (Å²) < 4.78 is 4.77. The van der Waals surface area contributed by atoms with E-state index in [1.807, 2.05) is 0 Å². The van der Waals surface area contributed by atoms with Crippen molar-refractivity contribution in [3.05, 3.63) is 23.4 Å². The van der Waals surface area contributed by atoms with E-state index in [0.29, 0.717) is 5.56 Å². The summed E-state index contributed by atoms with van der Waals surface area (Å²) >= 11 is 0. The van der Waals surface area contributed by atoms with Crippen molar-refractivity contribution < 1.29 is 19.7 Å². The van der Waals surface area contributed by atoms with Gasteiger partial charge in [-0.15, -0.1) is 0 Å². The van der Waals surface area contributed by atoms with Crippen LogP contribution >= 0.6 is 0 Å². The molecule has 0 spiro atoms. The van der Waals surface area contributed by atoms with Crippen LogP contribution in [0.5, 0.6) is 0 Å². The number of nitrogens with one attached hydrogen (secondary N) is 1. The van der Waals surface area contributed by atoms with Gasteiger partial charge in [0.2, 0.25) is 0 Å². The number of hydrogen-bond donors (Lipinski definition) is 3. The van der Waals surface area contributed by atoms with Gasteiger partial charge in [0.25, 0.3) is 0 Å². The smallest absolute Gasteiger partial charge is 0.339 e. The van der Waals surface area contributed by atoms with Crippen molar-refractivity contribution in [1.82, 2.24) is 4.98 Å². The molecule has 1 unspecified atom stereocenters. The molecule has 94 valence electrons. The molecule has 0 aliphatic heterocycles. The Hall–Kier alpha value is -1.66. The molecular formula is C11H16N2O4. The minimum absolute atomic E-state index is 0.122. The average Bonchev–Trinajstić information content (AvgIpc) is 2.26. The van der Waals surface area contributed by atoms with Crippen molar-refractivity contribution in [2.45, 2.75) is 13.0 Å². The zero-order valence-electron chi connectivity index (χ0n) is 9.80. The van der Waals surface area contributed by atoms with E-state index in [1.54, 1.807) is 13.0 Å². The number of carboxylic acid groups (broad SMARTS) is 1. The van der Waals surface area contributed by atoms with E-state index in [9.17, 15) is 9.90 Å². The highest BCUT2D eigenvalue weighted by Crippen LogP contribution is 2.16. The lowest BCUT2D eigenvalue weighted by atomic mass is 10.1. The molecule has 1 rings (SSSR count). The Morgan fingerprint density at radius 3 is 2.94 bits per heavy atom. The quantitative estimate of drug-likeness (QED) is 0.671. The topological polar surface area (TPSA) is 91.7 Å². The molecule has 0 fully saturated rings. The average molecular weight is 240 g/mol. The lowest BCUT2D eigenvalue weighted by Gasteiger charge is -2.13. The lowest BCUT2D eigenvalue weighted by molar-refractivity contribution is 0.0692. The zero-order chi connectivity index (χ0) is 12.8. The summed E-state index contributed by atoms with van der Waals surface area (Å²) in [6.45, 7) is 2.06. The van der Waals surface area contributed by atoms with Crippen molar-refractivity contribution in [3.63, 3.8) is 0 Å². The first-order valence-corrected chi connectivity index (χ1v) is 5.16. The number of carboxylic acids is 1. The molecule has 6 nitrogen and oxygen atoms in total. The van der Waals surface area contributed by atoms with E-state index in [4.69, 9.17) is 9.84 Å². The third-order valence-electron chi connectivity index (χ3n) is 2.24. The number of methoxy groups -OCH3 is 1. The van der Waals surface area contributed by atoms with Gasteiger partial charge in [0.05, 0.1) is 12.7 Å². The maximum absolute atomic E-state index is 11.0. The Morgan fingerprint density at radius 2 is 2.35 bits per heavy atom. The molecule has 1 aromatic rings. The fourth-order valence-electron chi connectivity index (χ4n) is 1.43. The predicted molar refractivity (Wildman–Crippen MR) is 62.3 cm³/mol. The van der Waals surface area contributed by atoms with Gasteiger partial charge in [-0.3, -0.25) is 0 Å². The molecule has 1 aromatic heterocycles. The number of aryl methyl sites for hydroxylation is 1. The van der Waals surface area contributed by atoms with E-state index >= 15 is 0 Å². The van der Waals surface area contributed by atoms with Gasteiger partial charge in [0.15, 0.2) is 0 Å². The van der Waals surface area contributed by atoms with Gasteiger partial charge in [0.1, 0.15) is 11.4 Å². The van der Waals surface area contributed by atoms with Crippen LogP contribution in [-0.2, 0) is 4.74 Å². The first kappa shape index (κ1) is 13.4. The molecule has 6 heteroatoms. The molecule has 17 heavy (non-hydrogen) atoms. The second kappa shape index (κ2) is 6.17. The number of aromatic nitrogens is 1. The number of carbonyl (C=O) groups is 1. The number of aliphatic hydroxyl groups is 1. The number of aliphatic hydroxyl groups excluding tert-OH is 1. The minimum atomic E-state index is -1.04. The SMILES string of the molecule is COCC(O)CNc1nccc(C)c1C(=O)O. The highest BCUT2D eigenvalue weighted by molar-refractivity contribution is 5.94. The van der Waals surface area contributed by atoms with Crippen molar-refractivity contribution in [2.75, 3.05) is 25.6 Å². The highest BCUT2D eigenvalue weighted by atomic mass is 16.5. The Morgan fingerprint density at radius 1 is 1.65 bits per heavy atom. The van der Waals surface area contributed by atoms with Gasteiger partial charge in [0, 0.05) is 19.9 Å². The molecule has 0 aromatic carbocycles. The fraction of sp³-hybridized carbons (Fsp3) is 0.455. The summed E-state index contributed by atoms with van der Waals surface area (Å²) in [6, 6.07) is 1.63. The second-order valence-corrected chi connectivity index (χ2v) is 3.65. The lowest BCUT2D eigenvalue weighted by Crippen LogP contribution is -2.25. The minimum Gasteiger partial charge on any atom is -0.478 e. The van der Waals surface area contributed by atoms with Crippen molar-refractivity contribution >= 4 is 11.8 Å². The van der Waals surface area contributed by atoms with Crippen molar-refractivity contribution in [3.8, 4) is 0 Å². The third kappa shape index (κ3) is 3.69. The monoisotopic (exact) mass is 240 g/mol. The third-order valence-corrected chi connectivity index (χ3v) is 2.24. The van der Waals surface area contributed by atoms with Gasteiger partial charge < -0.3 is 20.3 Å². The maximum Gasteiger partial charge on any atom is 0.339 e. The standard InChI is InChI=1S/C11H16N2O4/c1-7-3-4-12-10(9(7)11(15)16)13-5-8(14)6-17-2/h3-4,8,14H,5-6H2,1-2H3,(H,12,13)(H,15,16). The van der Waals surface area contributed by atoms with Crippen LogP contribution in [0.3, 0.4) is 0 Å². The molecule has 0 saturated carbocycles. The van der Waals surface area contributed by atoms with Gasteiger partial charge in [-0.1, -0.05) is 0 Å². The summed E-state index contributed by atoms with van der Waals surface area (Å²) in [5, 5.41) is 21.3. The maximum atomic E-state index is 11.0. The first-order valence-electron chi connectivity index (χ1n) is 5.16. The van der Waals surface area contributed by atoms with Crippen LogP contribution in [0.4, 0.5) is 5.82 Å². The van der Waals surface area contributed by atoms with Gasteiger partial charge in [-0.2, -0.15) is 0 Å². The van der Waals surface area contributed by atoms with Crippen LogP contribution < -0.4 is 5.32 Å². The normalized spacial score (nSPS) is 12.2. The summed E-state index contributed by atoms with van der Waals surface area (Å²) in [5.41, 5.74) is 0.744. The second-order valence-electron chi connectivity index (χ2n) is 3.65. The Labute approximate surface area is 99.3 Å². The van der Waals surface area contributed by atoms with Gasteiger partial charge >= 0.3 is 5.97 Å². The summed E-state index contributed by atoms with van der Waals surface area (Å²) in [5.74, 6) is -0.785. The highest BCUT2D eigenvalue weighted by Gasteiger charge is 2.14. The molecule has 0 saturated heterocycles. The van der Waals surface area contributed by atoms with Crippen LogP contribution in [-0.4, -0.2) is 47.5 Å². The Bertz CT molecular complexity index is 395. The molecule has 1 atom stereocenters. The Balaban J connectivity index is 2.77. The van der Waals surface area contributed by atoms with E-state index in [1.165, 1.54) is 13.3 Å². The predicted octanol–water partition coefficient (Wildman–Crippen LogP) is 0.507. The molecule has 0 aliphatic rings. The number of pyridine rings is 1. The molecule has 3 N–H and O–H groups in total. The number of anilines is 1. The number of rotatable bonds is 6. The van der Waals surface area contributed by atoms with Gasteiger partial charge in [-0.05, 0) is 18.6 Å². The molecular weight excluding hydrogens is 224 g/mol. The zero-order valence-corrected chi connectivity index (χ0v) is 9.80. The van der Waals surface area contributed by atoms with Crippen LogP contribution in [0.15, 0.2) is 12.3 Å². The number of hydrogen-bond acceptors (Lipinski definition) is 5. The molecule has 1 heterocycles. The Kier molecular flexibility index (Phi) is 4.86. The molecule has 0 amide bonds. The van der Waals surface area contributed by atoms with E-state index < -0.39 is 12.1 Å². The largest absolute Gasteiger partial charge is 0.478 e. The summed E-state index contributed by atoms with van der Waals surface area (Å²) in [4.78, 5) is 15.0. The number of ether oxygens (including phenoxy) is 1. The molecule has 0 aliphatic carbocycles. The van der Waals surface area contributed by atoms with E-state index in [2.05, 4.69) is 10.3 Å². The molecule has 0 radical (unpaired) electrons. The fourth-order valence-corrected chi connectivity index (χ4v) is 1.43. The molecule has 0 bridgehead atoms. The number of nitrogens with zero attached hydrogens (tertiary/aromatic N) is 1. The van der Waals surface area contributed by atoms with Gasteiger partial charge in [-0.25, -0.2) is 9.78 Å². The van der Waals surface area contributed by atoms with Crippen LogP contribution in [0.2, 0.25) is 0 Å². The van der Waals surface area contributed by atoms with Crippen molar-refractivity contribution in [2.24, 2.45) is 0 Å². The van der Waals surface area contributed by atoms with Crippen LogP contribution in [0.25, 0.3) is 0 Å². The summed E-state index contributed by atoms with van der Waals surface area (Å²) in [6.07, 6.45) is 0.816. The first-order chi connectivity index (χ1) is 8.06. The van der Waals surface area contributed by atoms with E-state index in [-0.39, 0.29) is 24.5 Å². The summed E-state index contributed by atoms with van der Waals surface area (Å²) in [7, 11) is 1.48. The number of aromatic carboxylic acids is 1. The van der Waals surface area contributed by atoms with Crippen molar-refractivity contribution in [1.29, 1.82) is 0 Å². The van der Waals surface area contributed by atoms with E-state index in [0.717, 1.165) is 0 Å². The van der Waals surface area contributed by atoms with Crippen LogP contribution in [0, 0.1) is 6.92 Å². The van der Waals surface area contributed by atoms with Crippen LogP contribution in [0.1, 0.15) is 15.9 Å².